The first-order chi connectivity index (χ1) is 7.33. The van der Waals surface area contributed by atoms with Crippen LogP contribution >= 0.6 is 0 Å². The van der Waals surface area contributed by atoms with E-state index in [0.29, 0.717) is 18.1 Å². The number of nitrogens with one attached hydrogen (secondary N) is 1. The van der Waals surface area contributed by atoms with Crippen LogP contribution in [0.25, 0.3) is 0 Å². The van der Waals surface area contributed by atoms with Gasteiger partial charge in [0.25, 0.3) is 0 Å². The second-order valence-corrected chi connectivity index (χ2v) is 4.29. The smallest absolute Gasteiger partial charge is 0.0619 e. The Kier molecular flexibility index (Phi) is 6.22. The molecule has 1 aliphatic rings. The monoisotopic (exact) mass is 215 g/mol. The van der Waals surface area contributed by atoms with E-state index >= 15 is 0 Å². The van der Waals surface area contributed by atoms with Gasteiger partial charge in [0, 0.05) is 25.7 Å². The van der Waals surface area contributed by atoms with Crippen LogP contribution in [0.1, 0.15) is 33.1 Å². The Hall–Kier alpha value is -0.120. The Morgan fingerprint density at radius 3 is 2.87 bits per heavy atom. The molecule has 0 aromatic rings. The minimum absolute atomic E-state index is 0.425. The van der Waals surface area contributed by atoms with Gasteiger partial charge in [-0.2, -0.15) is 0 Å². The highest BCUT2D eigenvalue weighted by atomic mass is 16.5. The van der Waals surface area contributed by atoms with Gasteiger partial charge in [0.1, 0.15) is 0 Å². The topological polar surface area (TPSA) is 30.5 Å². The average molecular weight is 215 g/mol. The summed E-state index contributed by atoms with van der Waals surface area (Å²) in [7, 11) is 1.78. The van der Waals surface area contributed by atoms with Crippen LogP contribution in [-0.4, -0.2) is 39.0 Å². The number of ether oxygens (including phenoxy) is 2. The molecule has 0 aromatic heterocycles. The fourth-order valence-corrected chi connectivity index (χ4v) is 2.39. The van der Waals surface area contributed by atoms with E-state index in [1.807, 2.05) is 0 Å². The summed E-state index contributed by atoms with van der Waals surface area (Å²) < 4.78 is 11.0. The Morgan fingerprint density at radius 2 is 2.27 bits per heavy atom. The molecule has 1 rings (SSSR count). The molecule has 0 bridgehead atoms. The quantitative estimate of drug-likeness (QED) is 0.702. The molecule has 0 spiro atoms. The summed E-state index contributed by atoms with van der Waals surface area (Å²) in [5.74, 6) is 0.626. The van der Waals surface area contributed by atoms with Crippen molar-refractivity contribution in [2.24, 2.45) is 5.92 Å². The number of hydrogen-bond donors (Lipinski definition) is 1. The van der Waals surface area contributed by atoms with Crippen molar-refractivity contribution in [2.75, 3.05) is 26.9 Å². The Labute approximate surface area is 93.5 Å². The Balaban J connectivity index is 2.45. The van der Waals surface area contributed by atoms with E-state index < -0.39 is 0 Å². The highest BCUT2D eigenvalue weighted by molar-refractivity contribution is 4.85. The van der Waals surface area contributed by atoms with Crippen molar-refractivity contribution in [2.45, 2.75) is 45.3 Å². The van der Waals surface area contributed by atoms with Crippen LogP contribution in [-0.2, 0) is 9.47 Å². The van der Waals surface area contributed by atoms with Crippen LogP contribution in [0.15, 0.2) is 0 Å². The van der Waals surface area contributed by atoms with E-state index in [9.17, 15) is 0 Å². The summed E-state index contributed by atoms with van der Waals surface area (Å²) in [4.78, 5) is 0. The molecule has 3 heteroatoms. The molecule has 15 heavy (non-hydrogen) atoms. The SMILES string of the molecule is CCCNC(COC)C1CCOC1CC. The molecule has 3 atom stereocenters. The highest BCUT2D eigenvalue weighted by Gasteiger charge is 2.33. The van der Waals surface area contributed by atoms with Gasteiger partial charge >= 0.3 is 0 Å². The summed E-state index contributed by atoms with van der Waals surface area (Å²) in [5, 5.41) is 3.57. The molecule has 1 saturated heterocycles. The summed E-state index contributed by atoms with van der Waals surface area (Å²) in [6.45, 7) is 7.18. The van der Waals surface area contributed by atoms with Gasteiger partial charge in [-0.25, -0.2) is 0 Å². The summed E-state index contributed by atoms with van der Waals surface area (Å²) in [6, 6.07) is 0.461. The molecule has 0 saturated carbocycles. The number of hydrogen-bond acceptors (Lipinski definition) is 3. The summed E-state index contributed by atoms with van der Waals surface area (Å²) in [5.41, 5.74) is 0. The van der Waals surface area contributed by atoms with Gasteiger partial charge in [-0.3, -0.25) is 0 Å². The van der Waals surface area contributed by atoms with Gasteiger partial charge in [-0.1, -0.05) is 13.8 Å². The molecule has 3 unspecified atom stereocenters. The normalized spacial score (nSPS) is 28.2. The Bertz CT molecular complexity index is 164. The van der Waals surface area contributed by atoms with E-state index in [0.717, 1.165) is 26.2 Å². The molecule has 0 aromatic carbocycles. The third-order valence-electron chi connectivity index (χ3n) is 3.18. The maximum Gasteiger partial charge on any atom is 0.0619 e. The van der Waals surface area contributed by atoms with E-state index in [2.05, 4.69) is 19.2 Å². The van der Waals surface area contributed by atoms with Crippen molar-refractivity contribution in [3.05, 3.63) is 0 Å². The maximum atomic E-state index is 5.73. The van der Waals surface area contributed by atoms with E-state index in [1.165, 1.54) is 12.8 Å². The second kappa shape index (κ2) is 7.20. The fourth-order valence-electron chi connectivity index (χ4n) is 2.39. The van der Waals surface area contributed by atoms with Crippen LogP contribution in [0.2, 0.25) is 0 Å². The van der Waals surface area contributed by atoms with Gasteiger partial charge in [0.05, 0.1) is 12.7 Å². The zero-order chi connectivity index (χ0) is 11.1. The maximum absolute atomic E-state index is 5.73. The molecule has 1 N–H and O–H groups in total. The van der Waals surface area contributed by atoms with Crippen LogP contribution in [0.5, 0.6) is 0 Å². The van der Waals surface area contributed by atoms with E-state index in [-0.39, 0.29) is 0 Å². The van der Waals surface area contributed by atoms with Crippen molar-refractivity contribution in [1.29, 1.82) is 0 Å². The largest absolute Gasteiger partial charge is 0.383 e. The van der Waals surface area contributed by atoms with Crippen molar-refractivity contribution >= 4 is 0 Å². The van der Waals surface area contributed by atoms with Crippen LogP contribution in [0.4, 0.5) is 0 Å². The predicted octanol–water partition coefficient (Wildman–Crippen LogP) is 1.82. The summed E-state index contributed by atoms with van der Waals surface area (Å²) >= 11 is 0. The van der Waals surface area contributed by atoms with Crippen molar-refractivity contribution in [3.63, 3.8) is 0 Å². The van der Waals surface area contributed by atoms with Crippen molar-refractivity contribution in [3.8, 4) is 0 Å². The molecular weight excluding hydrogens is 190 g/mol. The molecule has 3 nitrogen and oxygen atoms in total. The van der Waals surface area contributed by atoms with Crippen LogP contribution < -0.4 is 5.32 Å². The lowest BCUT2D eigenvalue weighted by Crippen LogP contribution is -2.43. The van der Waals surface area contributed by atoms with Gasteiger partial charge < -0.3 is 14.8 Å². The first kappa shape index (κ1) is 12.9. The minimum Gasteiger partial charge on any atom is -0.383 e. The zero-order valence-electron chi connectivity index (χ0n) is 10.3. The molecule has 1 fully saturated rings. The lowest BCUT2D eigenvalue weighted by atomic mass is 9.91. The molecule has 1 aliphatic heterocycles. The minimum atomic E-state index is 0.425. The standard InChI is InChI=1S/C12H25NO2/c1-4-7-13-11(9-14-3)10-6-8-15-12(10)5-2/h10-13H,4-9H2,1-3H3. The second-order valence-electron chi connectivity index (χ2n) is 4.29. The fraction of sp³-hybridized carbons (Fsp3) is 1.00. The van der Waals surface area contributed by atoms with E-state index in [1.54, 1.807) is 7.11 Å². The van der Waals surface area contributed by atoms with E-state index in [4.69, 9.17) is 9.47 Å². The molecular formula is C12H25NO2. The van der Waals surface area contributed by atoms with Crippen molar-refractivity contribution in [1.82, 2.24) is 5.32 Å². The molecule has 0 aliphatic carbocycles. The van der Waals surface area contributed by atoms with Gasteiger partial charge in [-0.15, -0.1) is 0 Å². The molecule has 0 amide bonds. The number of methoxy groups -OCH3 is 1. The van der Waals surface area contributed by atoms with Gasteiger partial charge in [-0.05, 0) is 25.8 Å². The average Bonchev–Trinajstić information content (AvgIpc) is 2.72. The van der Waals surface area contributed by atoms with Crippen molar-refractivity contribution < 1.29 is 9.47 Å². The van der Waals surface area contributed by atoms with Gasteiger partial charge in [0.2, 0.25) is 0 Å². The lowest BCUT2D eigenvalue weighted by Gasteiger charge is -2.27. The third kappa shape index (κ3) is 3.74. The Morgan fingerprint density at radius 1 is 1.47 bits per heavy atom. The highest BCUT2D eigenvalue weighted by Crippen LogP contribution is 2.26. The number of rotatable bonds is 7. The first-order valence-corrected chi connectivity index (χ1v) is 6.17. The third-order valence-corrected chi connectivity index (χ3v) is 3.18. The molecule has 90 valence electrons. The predicted molar refractivity (Wildman–Crippen MR) is 62.1 cm³/mol. The van der Waals surface area contributed by atoms with Crippen LogP contribution in [0.3, 0.4) is 0 Å². The molecule has 0 radical (unpaired) electrons. The van der Waals surface area contributed by atoms with Crippen LogP contribution in [0, 0.1) is 5.92 Å². The molecule has 1 heterocycles. The lowest BCUT2D eigenvalue weighted by molar-refractivity contribution is 0.0604. The first-order valence-electron chi connectivity index (χ1n) is 6.17. The summed E-state index contributed by atoms with van der Waals surface area (Å²) in [6.07, 6.45) is 3.88. The zero-order valence-corrected chi connectivity index (χ0v) is 10.3. The van der Waals surface area contributed by atoms with Gasteiger partial charge in [0.15, 0.2) is 0 Å².